The Balaban J connectivity index is 1.56. The summed E-state index contributed by atoms with van der Waals surface area (Å²) in [6, 6.07) is 3.71. The Labute approximate surface area is 153 Å². The van der Waals surface area contributed by atoms with Crippen molar-refractivity contribution in [1.29, 1.82) is 0 Å². The van der Waals surface area contributed by atoms with Crippen LogP contribution in [-0.4, -0.2) is 33.4 Å². The molecule has 1 aliphatic heterocycles. The van der Waals surface area contributed by atoms with Gasteiger partial charge in [0.2, 0.25) is 0 Å². The molecule has 1 fully saturated rings. The molecule has 0 spiro atoms. The maximum atomic E-state index is 12.7. The quantitative estimate of drug-likeness (QED) is 0.718. The number of aryl methyl sites for hydroxylation is 1. The maximum absolute atomic E-state index is 12.7. The molecular formula is C19H27N3O2S. The summed E-state index contributed by atoms with van der Waals surface area (Å²) < 4.78 is 7.78. The van der Waals surface area contributed by atoms with Gasteiger partial charge in [0.1, 0.15) is 5.76 Å². The Morgan fingerprint density at radius 1 is 1.36 bits per heavy atom. The van der Waals surface area contributed by atoms with E-state index in [0.29, 0.717) is 11.5 Å². The van der Waals surface area contributed by atoms with Crippen molar-refractivity contribution >= 4 is 17.7 Å². The third-order valence-corrected chi connectivity index (χ3v) is 5.91. The van der Waals surface area contributed by atoms with Crippen LogP contribution in [0.2, 0.25) is 0 Å². The highest BCUT2D eigenvalue weighted by Gasteiger charge is 2.23. The molecule has 6 heteroatoms. The van der Waals surface area contributed by atoms with Gasteiger partial charge in [0.05, 0.1) is 5.75 Å². The molecule has 1 saturated heterocycles. The van der Waals surface area contributed by atoms with Crippen molar-refractivity contribution in [1.82, 2.24) is 14.5 Å². The highest BCUT2D eigenvalue weighted by atomic mass is 32.2. The van der Waals surface area contributed by atoms with E-state index in [-0.39, 0.29) is 5.91 Å². The average molecular weight is 362 g/mol. The Bertz CT molecular complexity index is 694. The second-order valence-electron chi connectivity index (χ2n) is 6.75. The van der Waals surface area contributed by atoms with Crippen LogP contribution in [0.1, 0.15) is 55.3 Å². The molecule has 0 saturated carbocycles. The number of carbonyl (C=O) groups excluding carboxylic acids is 1. The smallest absolute Gasteiger partial charge is 0.289 e. The first-order valence-electron chi connectivity index (χ1n) is 9.15. The molecule has 3 rings (SSSR count). The summed E-state index contributed by atoms with van der Waals surface area (Å²) in [5, 5.41) is 0.943. The van der Waals surface area contributed by atoms with E-state index in [1.807, 2.05) is 34.8 Å². The van der Waals surface area contributed by atoms with Gasteiger partial charge < -0.3 is 13.9 Å². The number of hydrogen-bond donors (Lipinski definition) is 0. The minimum atomic E-state index is 0.0328. The Morgan fingerprint density at radius 3 is 3.00 bits per heavy atom. The first-order chi connectivity index (χ1) is 12.2. The zero-order valence-corrected chi connectivity index (χ0v) is 15.9. The van der Waals surface area contributed by atoms with Crippen LogP contribution in [0.25, 0.3) is 0 Å². The van der Waals surface area contributed by atoms with E-state index in [4.69, 9.17) is 4.42 Å². The Hall–Kier alpha value is -1.69. The van der Waals surface area contributed by atoms with E-state index in [1.54, 1.807) is 18.0 Å². The lowest BCUT2D eigenvalue weighted by Crippen LogP contribution is -2.31. The van der Waals surface area contributed by atoms with Gasteiger partial charge in [-0.2, -0.15) is 0 Å². The molecule has 0 N–H and O–H groups in total. The molecular weight excluding hydrogens is 334 g/mol. The zero-order chi connectivity index (χ0) is 17.6. The van der Waals surface area contributed by atoms with E-state index >= 15 is 0 Å². The first kappa shape index (κ1) is 18.1. The van der Waals surface area contributed by atoms with E-state index in [1.165, 1.54) is 19.3 Å². The molecule has 1 amide bonds. The van der Waals surface area contributed by atoms with E-state index in [9.17, 15) is 4.79 Å². The minimum absolute atomic E-state index is 0.0328. The highest BCUT2D eigenvalue weighted by molar-refractivity contribution is 7.98. The van der Waals surface area contributed by atoms with Crippen molar-refractivity contribution in [2.45, 2.75) is 49.9 Å². The number of imidazole rings is 1. The van der Waals surface area contributed by atoms with Crippen LogP contribution in [0.15, 0.2) is 34.1 Å². The number of carbonyl (C=O) groups is 1. The molecule has 5 nitrogen and oxygen atoms in total. The monoisotopic (exact) mass is 361 g/mol. The summed E-state index contributed by atoms with van der Waals surface area (Å²) in [5.74, 6) is 2.76. The molecule has 2 aromatic rings. The van der Waals surface area contributed by atoms with Crippen molar-refractivity contribution < 1.29 is 9.21 Å². The van der Waals surface area contributed by atoms with Gasteiger partial charge in [-0.1, -0.05) is 31.5 Å². The number of aromatic nitrogens is 2. The van der Waals surface area contributed by atoms with Crippen LogP contribution < -0.4 is 0 Å². The average Bonchev–Trinajstić information content (AvgIpc) is 3.17. The summed E-state index contributed by atoms with van der Waals surface area (Å²) in [7, 11) is 1.97. The fourth-order valence-corrected chi connectivity index (χ4v) is 4.24. The Morgan fingerprint density at radius 2 is 2.24 bits per heavy atom. The van der Waals surface area contributed by atoms with Gasteiger partial charge in [-0.3, -0.25) is 4.79 Å². The van der Waals surface area contributed by atoms with Gasteiger partial charge in [-0.05, 0) is 37.3 Å². The normalized spacial score (nSPS) is 18.3. The van der Waals surface area contributed by atoms with Crippen LogP contribution in [0, 0.1) is 5.92 Å². The SMILES string of the molecule is CCCC1CCCN(C(=O)c2ccc(CSc3nccn3C)o2)CC1. The largest absolute Gasteiger partial charge is 0.455 e. The zero-order valence-electron chi connectivity index (χ0n) is 15.1. The standard InChI is InChI=1S/C19H27N3O2S/c1-3-5-15-6-4-11-22(12-9-15)18(23)17-8-7-16(24-17)14-25-19-20-10-13-21(19)2/h7-8,10,13,15H,3-6,9,11-12,14H2,1-2H3. The maximum Gasteiger partial charge on any atom is 0.289 e. The molecule has 0 aromatic carbocycles. The second-order valence-corrected chi connectivity index (χ2v) is 7.70. The second kappa shape index (κ2) is 8.61. The predicted molar refractivity (Wildman–Crippen MR) is 99.6 cm³/mol. The van der Waals surface area contributed by atoms with E-state index in [2.05, 4.69) is 11.9 Å². The number of hydrogen-bond acceptors (Lipinski definition) is 4. The third-order valence-electron chi connectivity index (χ3n) is 4.82. The van der Waals surface area contributed by atoms with Gasteiger partial charge >= 0.3 is 0 Å². The van der Waals surface area contributed by atoms with E-state index < -0.39 is 0 Å². The fraction of sp³-hybridized carbons (Fsp3) is 0.579. The molecule has 136 valence electrons. The third kappa shape index (κ3) is 4.69. The highest BCUT2D eigenvalue weighted by Crippen LogP contribution is 2.25. The summed E-state index contributed by atoms with van der Waals surface area (Å²) in [6.07, 6.45) is 9.66. The summed E-state index contributed by atoms with van der Waals surface area (Å²) in [4.78, 5) is 19.0. The van der Waals surface area contributed by atoms with Gasteiger partial charge in [0.25, 0.3) is 5.91 Å². The predicted octanol–water partition coefficient (Wildman–Crippen LogP) is 4.35. The number of furan rings is 1. The minimum Gasteiger partial charge on any atom is -0.455 e. The molecule has 3 heterocycles. The molecule has 1 atom stereocenters. The van der Waals surface area contributed by atoms with Crippen LogP contribution in [0.4, 0.5) is 0 Å². The number of likely N-dealkylation sites (tertiary alicyclic amines) is 1. The molecule has 1 unspecified atom stereocenters. The van der Waals surface area contributed by atoms with Crippen LogP contribution in [0.5, 0.6) is 0 Å². The lowest BCUT2D eigenvalue weighted by Gasteiger charge is -2.19. The van der Waals surface area contributed by atoms with Gasteiger partial charge in [-0.15, -0.1) is 0 Å². The van der Waals surface area contributed by atoms with Crippen molar-refractivity contribution in [3.05, 3.63) is 36.0 Å². The molecule has 2 aromatic heterocycles. The lowest BCUT2D eigenvalue weighted by molar-refractivity contribution is 0.0726. The van der Waals surface area contributed by atoms with Gasteiger partial charge in [0.15, 0.2) is 10.9 Å². The van der Waals surface area contributed by atoms with Crippen LogP contribution in [-0.2, 0) is 12.8 Å². The topological polar surface area (TPSA) is 51.3 Å². The van der Waals surface area contributed by atoms with Crippen molar-refractivity contribution in [3.63, 3.8) is 0 Å². The lowest BCUT2D eigenvalue weighted by atomic mass is 9.96. The van der Waals surface area contributed by atoms with Gasteiger partial charge in [0, 0.05) is 32.5 Å². The fourth-order valence-electron chi connectivity index (χ4n) is 3.42. The molecule has 1 aliphatic rings. The summed E-state index contributed by atoms with van der Waals surface area (Å²) in [5.41, 5.74) is 0. The molecule has 0 radical (unpaired) electrons. The van der Waals surface area contributed by atoms with Crippen LogP contribution in [0.3, 0.4) is 0 Å². The number of rotatable bonds is 6. The van der Waals surface area contributed by atoms with E-state index in [0.717, 1.165) is 42.8 Å². The summed E-state index contributed by atoms with van der Waals surface area (Å²) >= 11 is 1.61. The van der Waals surface area contributed by atoms with Crippen molar-refractivity contribution in [2.75, 3.05) is 13.1 Å². The first-order valence-corrected chi connectivity index (χ1v) is 10.1. The number of amides is 1. The molecule has 25 heavy (non-hydrogen) atoms. The van der Waals surface area contributed by atoms with Crippen LogP contribution >= 0.6 is 11.8 Å². The van der Waals surface area contributed by atoms with Crippen molar-refractivity contribution in [2.24, 2.45) is 13.0 Å². The number of nitrogens with zero attached hydrogens (tertiary/aromatic N) is 3. The van der Waals surface area contributed by atoms with Gasteiger partial charge in [-0.25, -0.2) is 4.98 Å². The number of thioether (sulfide) groups is 1. The van der Waals surface area contributed by atoms with Crippen molar-refractivity contribution in [3.8, 4) is 0 Å². The summed E-state index contributed by atoms with van der Waals surface area (Å²) in [6.45, 7) is 3.93. The Kier molecular flexibility index (Phi) is 6.24. The molecule has 0 aliphatic carbocycles. The molecule has 0 bridgehead atoms.